The summed E-state index contributed by atoms with van der Waals surface area (Å²) < 4.78 is 4.98. The molecule has 2 aromatic rings. The molecule has 1 N–H and O–H groups in total. The molecule has 4 nitrogen and oxygen atoms in total. The summed E-state index contributed by atoms with van der Waals surface area (Å²) in [4.78, 5) is 22.9. The molecule has 5 heteroatoms. The number of halogens is 1. The molecule has 1 heterocycles. The van der Waals surface area contributed by atoms with E-state index in [0.29, 0.717) is 10.9 Å². The van der Waals surface area contributed by atoms with E-state index in [0.717, 1.165) is 0 Å². The molecule has 2 rings (SSSR count). The maximum absolute atomic E-state index is 11.4. The molecule has 0 bridgehead atoms. The Morgan fingerprint density at radius 2 is 2.06 bits per heavy atom. The lowest BCUT2D eigenvalue weighted by atomic mass is 10.0. The number of rotatable bonds is 1. The van der Waals surface area contributed by atoms with Gasteiger partial charge in [0.25, 0.3) is 0 Å². The lowest BCUT2D eigenvalue weighted by Crippen LogP contribution is -2.05. The van der Waals surface area contributed by atoms with Crippen LogP contribution in [0.15, 0.2) is 21.3 Å². The zero-order valence-corrected chi connectivity index (χ0v) is 9.96. The summed E-state index contributed by atoms with van der Waals surface area (Å²) in [6, 6.07) is 2.93. The molecule has 0 saturated carbocycles. The van der Waals surface area contributed by atoms with Crippen LogP contribution in [0.5, 0.6) is 5.75 Å². The fourth-order valence-corrected chi connectivity index (χ4v) is 1.86. The molecule has 17 heavy (non-hydrogen) atoms. The third kappa shape index (κ3) is 1.70. The molecule has 0 saturated heterocycles. The summed E-state index contributed by atoms with van der Waals surface area (Å²) in [5.74, 6) is -0.590. The lowest BCUT2D eigenvalue weighted by Gasteiger charge is -2.07. The van der Waals surface area contributed by atoms with Crippen molar-refractivity contribution in [2.45, 2.75) is 13.8 Å². The monoisotopic (exact) mass is 252 g/mol. The number of aromatic hydroxyl groups is 1. The first-order valence-electron chi connectivity index (χ1n) is 4.89. The number of phenolic OH excluding ortho intramolecular Hbond substituents is 1. The van der Waals surface area contributed by atoms with Gasteiger partial charge in [-0.2, -0.15) is 0 Å². The fourth-order valence-electron chi connectivity index (χ4n) is 1.72. The van der Waals surface area contributed by atoms with Gasteiger partial charge in [-0.3, -0.25) is 4.79 Å². The summed E-state index contributed by atoms with van der Waals surface area (Å²) in [5, 5.41) is 10.1. The predicted octanol–water partition coefficient (Wildman–Crippen LogP) is 2.66. The molecule has 0 aliphatic rings. The second-order valence-corrected chi connectivity index (χ2v) is 4.10. The summed E-state index contributed by atoms with van der Waals surface area (Å²) in [5.41, 5.74) is -0.117. The Morgan fingerprint density at radius 1 is 1.41 bits per heavy atom. The molecule has 0 unspecified atom stereocenters. The zero-order chi connectivity index (χ0) is 12.7. The summed E-state index contributed by atoms with van der Waals surface area (Å²) >= 11 is 5.77. The molecule has 0 spiro atoms. The predicted molar refractivity (Wildman–Crippen MR) is 63.9 cm³/mol. The SMILES string of the molecule is CC(=O)c1c(O)ccc2c(C)c(Cl)c(=O)oc12. The lowest BCUT2D eigenvalue weighted by molar-refractivity contribution is 0.101. The first-order valence-corrected chi connectivity index (χ1v) is 5.27. The van der Waals surface area contributed by atoms with Gasteiger partial charge in [-0.15, -0.1) is 0 Å². The molecule has 0 radical (unpaired) electrons. The van der Waals surface area contributed by atoms with Crippen LogP contribution in [-0.2, 0) is 0 Å². The Labute approximate surface area is 101 Å². The van der Waals surface area contributed by atoms with Crippen LogP contribution in [0.2, 0.25) is 5.02 Å². The quantitative estimate of drug-likeness (QED) is 0.626. The van der Waals surface area contributed by atoms with Crippen molar-refractivity contribution in [3.8, 4) is 5.75 Å². The van der Waals surface area contributed by atoms with Gasteiger partial charge >= 0.3 is 5.63 Å². The number of hydrogen-bond acceptors (Lipinski definition) is 4. The first-order chi connectivity index (χ1) is 7.93. The van der Waals surface area contributed by atoms with Crippen LogP contribution in [0.3, 0.4) is 0 Å². The third-order valence-corrected chi connectivity index (χ3v) is 3.03. The molecular weight excluding hydrogens is 244 g/mol. The van der Waals surface area contributed by atoms with Gasteiger partial charge in [-0.1, -0.05) is 11.6 Å². The van der Waals surface area contributed by atoms with Gasteiger partial charge in [-0.05, 0) is 31.5 Å². The largest absolute Gasteiger partial charge is 0.507 e. The van der Waals surface area contributed by atoms with Crippen molar-refractivity contribution < 1.29 is 14.3 Å². The van der Waals surface area contributed by atoms with Gasteiger partial charge in [0, 0.05) is 5.39 Å². The number of aryl methyl sites for hydroxylation is 1. The van der Waals surface area contributed by atoms with E-state index in [1.165, 1.54) is 13.0 Å². The van der Waals surface area contributed by atoms with E-state index in [1.54, 1.807) is 13.0 Å². The Kier molecular flexibility index (Phi) is 2.67. The highest BCUT2D eigenvalue weighted by Gasteiger charge is 2.17. The fraction of sp³-hybridized carbons (Fsp3) is 0.167. The van der Waals surface area contributed by atoms with Crippen molar-refractivity contribution in [1.82, 2.24) is 0 Å². The van der Waals surface area contributed by atoms with Crippen molar-refractivity contribution in [3.05, 3.63) is 38.7 Å². The summed E-state index contributed by atoms with van der Waals surface area (Å²) in [6.45, 7) is 2.95. The van der Waals surface area contributed by atoms with E-state index in [1.807, 2.05) is 0 Å². The normalized spacial score (nSPS) is 10.8. The van der Waals surface area contributed by atoms with Gasteiger partial charge in [0.05, 0.1) is 0 Å². The second kappa shape index (κ2) is 3.89. The van der Waals surface area contributed by atoms with Crippen LogP contribution in [0, 0.1) is 6.92 Å². The molecule has 1 aromatic carbocycles. The molecular formula is C12H9ClO4. The number of hydrogen-bond donors (Lipinski definition) is 1. The number of Topliss-reactive ketones (excluding diaryl/α,β-unsaturated/α-hetero) is 1. The zero-order valence-electron chi connectivity index (χ0n) is 9.20. The highest BCUT2D eigenvalue weighted by molar-refractivity contribution is 6.32. The number of fused-ring (bicyclic) bond motifs is 1. The van der Waals surface area contributed by atoms with Gasteiger partial charge in [0.15, 0.2) is 11.4 Å². The minimum absolute atomic E-state index is 0.000586. The van der Waals surface area contributed by atoms with E-state index in [2.05, 4.69) is 0 Å². The van der Waals surface area contributed by atoms with E-state index in [9.17, 15) is 14.7 Å². The Morgan fingerprint density at radius 3 is 2.65 bits per heavy atom. The van der Waals surface area contributed by atoms with Crippen molar-refractivity contribution >= 4 is 28.4 Å². The summed E-state index contributed by atoms with van der Waals surface area (Å²) in [7, 11) is 0. The Balaban J connectivity index is 3.06. The molecule has 0 fully saturated rings. The van der Waals surface area contributed by atoms with Crippen LogP contribution < -0.4 is 5.63 Å². The molecule has 88 valence electrons. The van der Waals surface area contributed by atoms with E-state index in [-0.39, 0.29) is 27.7 Å². The van der Waals surface area contributed by atoms with Crippen molar-refractivity contribution in [3.63, 3.8) is 0 Å². The van der Waals surface area contributed by atoms with Gasteiger partial charge in [-0.25, -0.2) is 4.79 Å². The number of carbonyl (C=O) groups is 1. The van der Waals surface area contributed by atoms with Crippen LogP contribution in [0.4, 0.5) is 0 Å². The number of ketones is 1. The van der Waals surface area contributed by atoms with Crippen molar-refractivity contribution in [2.24, 2.45) is 0 Å². The standard InChI is InChI=1S/C12H9ClO4/c1-5-7-3-4-8(15)9(6(2)14)11(7)17-12(16)10(5)13/h3-4,15H,1-2H3. The highest BCUT2D eigenvalue weighted by atomic mass is 35.5. The third-order valence-electron chi connectivity index (χ3n) is 2.59. The average Bonchev–Trinajstić information content (AvgIpc) is 2.25. The highest BCUT2D eigenvalue weighted by Crippen LogP contribution is 2.30. The molecule has 0 aliphatic heterocycles. The minimum Gasteiger partial charge on any atom is -0.507 e. The van der Waals surface area contributed by atoms with Gasteiger partial charge in [0.2, 0.25) is 0 Å². The molecule has 1 aromatic heterocycles. The average molecular weight is 253 g/mol. The van der Waals surface area contributed by atoms with Crippen LogP contribution >= 0.6 is 11.6 Å². The van der Waals surface area contributed by atoms with Crippen LogP contribution in [0.1, 0.15) is 22.8 Å². The van der Waals surface area contributed by atoms with Gasteiger partial charge < -0.3 is 9.52 Å². The molecule has 0 aliphatic carbocycles. The second-order valence-electron chi connectivity index (χ2n) is 3.72. The number of benzene rings is 1. The summed E-state index contributed by atoms with van der Waals surface area (Å²) in [6.07, 6.45) is 0. The maximum atomic E-state index is 11.4. The Hall–Kier alpha value is -1.81. The van der Waals surface area contributed by atoms with E-state index >= 15 is 0 Å². The maximum Gasteiger partial charge on any atom is 0.355 e. The smallest absolute Gasteiger partial charge is 0.355 e. The molecule has 0 amide bonds. The minimum atomic E-state index is -0.718. The Bertz CT molecular complexity index is 685. The first kappa shape index (κ1) is 11.7. The molecule has 0 atom stereocenters. The number of phenols is 1. The van der Waals surface area contributed by atoms with Crippen molar-refractivity contribution in [2.75, 3.05) is 0 Å². The van der Waals surface area contributed by atoms with E-state index < -0.39 is 5.63 Å². The topological polar surface area (TPSA) is 67.5 Å². The van der Waals surface area contributed by atoms with Crippen LogP contribution in [0.25, 0.3) is 11.0 Å². The van der Waals surface area contributed by atoms with E-state index in [4.69, 9.17) is 16.0 Å². The van der Waals surface area contributed by atoms with Gasteiger partial charge in [0.1, 0.15) is 16.3 Å². The van der Waals surface area contributed by atoms with Crippen LogP contribution in [-0.4, -0.2) is 10.9 Å². The van der Waals surface area contributed by atoms with Crippen molar-refractivity contribution in [1.29, 1.82) is 0 Å². The number of carbonyl (C=O) groups excluding carboxylic acids is 1.